The first kappa shape index (κ1) is 15.9. The van der Waals surface area contributed by atoms with Crippen LogP contribution in [0.1, 0.15) is 18.9 Å². The Hall–Kier alpha value is -1.17. The number of nitrogens with one attached hydrogen (secondary N) is 1. The lowest BCUT2D eigenvalue weighted by molar-refractivity contribution is 0.0643. The van der Waals surface area contributed by atoms with Crippen molar-refractivity contribution in [2.45, 2.75) is 19.9 Å². The molecule has 1 aromatic rings. The van der Waals surface area contributed by atoms with Crippen LogP contribution in [0.5, 0.6) is 5.75 Å². The molecule has 0 spiro atoms. The molecule has 0 unspecified atom stereocenters. The van der Waals surface area contributed by atoms with Crippen molar-refractivity contribution in [2.24, 2.45) is 0 Å². The molecule has 0 amide bonds. The van der Waals surface area contributed by atoms with E-state index < -0.39 is 0 Å². The van der Waals surface area contributed by atoms with E-state index in [2.05, 4.69) is 17.2 Å². The molecule has 5 nitrogen and oxygen atoms in total. The van der Waals surface area contributed by atoms with Crippen LogP contribution in [-0.2, 0) is 16.0 Å². The fourth-order valence-electron chi connectivity index (χ4n) is 1.53. The maximum absolute atomic E-state index is 5.73. The van der Waals surface area contributed by atoms with Gasteiger partial charge in [-0.2, -0.15) is 0 Å². The predicted octanol–water partition coefficient (Wildman–Crippen LogP) is 1.62. The first-order valence-corrected chi connectivity index (χ1v) is 6.71. The van der Waals surface area contributed by atoms with E-state index in [4.69, 9.17) is 14.2 Å². The summed E-state index contributed by atoms with van der Waals surface area (Å²) in [5.41, 5.74) is 1.14. The second-order valence-electron chi connectivity index (χ2n) is 4.07. The Bertz CT molecular complexity index is 334. The van der Waals surface area contributed by atoms with Gasteiger partial charge in [-0.05, 0) is 12.6 Å². The molecule has 0 bridgehead atoms. The Morgan fingerprint density at radius 3 is 2.89 bits per heavy atom. The van der Waals surface area contributed by atoms with Gasteiger partial charge in [-0.15, -0.1) is 0 Å². The highest BCUT2D eigenvalue weighted by Gasteiger charge is 2.02. The molecular weight excluding hydrogens is 244 g/mol. The van der Waals surface area contributed by atoms with Crippen LogP contribution < -0.4 is 10.1 Å². The number of aromatic nitrogens is 1. The van der Waals surface area contributed by atoms with Crippen LogP contribution in [0.25, 0.3) is 0 Å². The Labute approximate surface area is 115 Å². The van der Waals surface area contributed by atoms with Crippen molar-refractivity contribution in [1.82, 2.24) is 10.3 Å². The van der Waals surface area contributed by atoms with E-state index in [1.54, 1.807) is 19.5 Å². The van der Waals surface area contributed by atoms with Gasteiger partial charge in [0.05, 0.1) is 26.0 Å². The maximum Gasteiger partial charge on any atom is 0.142 e. The minimum absolute atomic E-state index is 0.634. The van der Waals surface area contributed by atoms with E-state index in [1.165, 1.54) is 0 Å². The molecule has 108 valence electrons. The van der Waals surface area contributed by atoms with E-state index in [0.29, 0.717) is 26.4 Å². The molecule has 0 fully saturated rings. The van der Waals surface area contributed by atoms with Gasteiger partial charge >= 0.3 is 0 Å². The van der Waals surface area contributed by atoms with Gasteiger partial charge in [-0.1, -0.05) is 6.92 Å². The zero-order valence-corrected chi connectivity index (χ0v) is 11.9. The molecule has 0 radical (unpaired) electrons. The van der Waals surface area contributed by atoms with Crippen LogP contribution in [0.3, 0.4) is 0 Å². The molecule has 0 aromatic carbocycles. The minimum Gasteiger partial charge on any atom is -0.492 e. The maximum atomic E-state index is 5.73. The summed E-state index contributed by atoms with van der Waals surface area (Å²) in [6, 6.07) is 1.98. The fourth-order valence-corrected chi connectivity index (χ4v) is 1.53. The highest BCUT2D eigenvalue weighted by Crippen LogP contribution is 2.16. The van der Waals surface area contributed by atoms with Gasteiger partial charge in [0.25, 0.3) is 0 Å². The molecule has 0 atom stereocenters. The third-order valence-corrected chi connectivity index (χ3v) is 2.56. The summed E-state index contributed by atoms with van der Waals surface area (Å²) in [6.07, 6.45) is 4.41. The van der Waals surface area contributed by atoms with Gasteiger partial charge < -0.3 is 19.5 Å². The molecule has 1 rings (SSSR count). The first-order valence-electron chi connectivity index (χ1n) is 6.71. The standard InChI is InChI=1S/C14H24N2O3/c1-3-15-11-13-5-6-16-12-14(13)19-8-4-7-18-10-9-17-2/h5-6,12,15H,3-4,7-11H2,1-2H3. The zero-order valence-electron chi connectivity index (χ0n) is 11.9. The first-order chi connectivity index (χ1) is 9.38. The predicted molar refractivity (Wildman–Crippen MR) is 74.4 cm³/mol. The molecule has 1 heterocycles. The monoisotopic (exact) mass is 268 g/mol. The SMILES string of the molecule is CCNCc1ccncc1OCCCOCCOC. The Morgan fingerprint density at radius 2 is 2.11 bits per heavy atom. The number of hydrogen-bond acceptors (Lipinski definition) is 5. The lowest BCUT2D eigenvalue weighted by Crippen LogP contribution is -2.13. The molecule has 0 saturated heterocycles. The second kappa shape index (κ2) is 10.7. The Morgan fingerprint density at radius 1 is 1.21 bits per heavy atom. The van der Waals surface area contributed by atoms with Crippen LogP contribution in [0, 0.1) is 0 Å². The molecule has 0 aliphatic carbocycles. The van der Waals surface area contributed by atoms with Gasteiger partial charge in [0.15, 0.2) is 0 Å². The fraction of sp³-hybridized carbons (Fsp3) is 0.643. The summed E-state index contributed by atoms with van der Waals surface area (Å²) in [5, 5.41) is 3.28. The van der Waals surface area contributed by atoms with Crippen molar-refractivity contribution in [1.29, 1.82) is 0 Å². The van der Waals surface area contributed by atoms with E-state index in [1.807, 2.05) is 6.07 Å². The van der Waals surface area contributed by atoms with Crippen molar-refractivity contribution in [3.05, 3.63) is 24.0 Å². The number of hydrogen-bond donors (Lipinski definition) is 1. The normalized spacial score (nSPS) is 10.6. The smallest absolute Gasteiger partial charge is 0.142 e. The van der Waals surface area contributed by atoms with Crippen molar-refractivity contribution in [3.63, 3.8) is 0 Å². The lowest BCUT2D eigenvalue weighted by atomic mass is 10.2. The average Bonchev–Trinajstić information content (AvgIpc) is 2.45. The number of nitrogens with zero attached hydrogens (tertiary/aromatic N) is 1. The summed E-state index contributed by atoms with van der Waals surface area (Å²) in [4.78, 5) is 4.09. The largest absolute Gasteiger partial charge is 0.492 e. The van der Waals surface area contributed by atoms with Gasteiger partial charge in [0.2, 0.25) is 0 Å². The van der Waals surface area contributed by atoms with E-state index in [9.17, 15) is 0 Å². The average molecular weight is 268 g/mol. The lowest BCUT2D eigenvalue weighted by Gasteiger charge is -2.11. The topological polar surface area (TPSA) is 52.6 Å². The van der Waals surface area contributed by atoms with Crippen molar-refractivity contribution in [3.8, 4) is 5.75 Å². The van der Waals surface area contributed by atoms with Crippen LogP contribution in [-0.4, -0.2) is 45.1 Å². The van der Waals surface area contributed by atoms with Gasteiger partial charge in [0, 0.05) is 38.4 Å². The Kier molecular flexibility index (Phi) is 8.97. The molecular formula is C14H24N2O3. The van der Waals surface area contributed by atoms with Crippen LogP contribution >= 0.6 is 0 Å². The highest BCUT2D eigenvalue weighted by atomic mass is 16.5. The summed E-state index contributed by atoms with van der Waals surface area (Å²) in [6.45, 7) is 6.42. The number of pyridine rings is 1. The quantitative estimate of drug-likeness (QED) is 0.618. The summed E-state index contributed by atoms with van der Waals surface area (Å²) in [5.74, 6) is 0.848. The van der Waals surface area contributed by atoms with Gasteiger partial charge in [-0.3, -0.25) is 4.98 Å². The minimum atomic E-state index is 0.634. The molecule has 0 aliphatic rings. The number of rotatable bonds is 11. The van der Waals surface area contributed by atoms with Gasteiger partial charge in [0.1, 0.15) is 5.75 Å². The van der Waals surface area contributed by atoms with Crippen LogP contribution in [0.4, 0.5) is 0 Å². The van der Waals surface area contributed by atoms with Crippen molar-refractivity contribution >= 4 is 0 Å². The molecule has 1 N–H and O–H groups in total. The summed E-state index contributed by atoms with van der Waals surface area (Å²) < 4.78 is 16.0. The molecule has 0 saturated carbocycles. The molecule has 0 aliphatic heterocycles. The van der Waals surface area contributed by atoms with Crippen LogP contribution in [0.2, 0.25) is 0 Å². The van der Waals surface area contributed by atoms with Gasteiger partial charge in [-0.25, -0.2) is 0 Å². The third-order valence-electron chi connectivity index (χ3n) is 2.56. The van der Waals surface area contributed by atoms with Crippen molar-refractivity contribution in [2.75, 3.05) is 40.1 Å². The summed E-state index contributed by atoms with van der Waals surface area (Å²) >= 11 is 0. The van der Waals surface area contributed by atoms with E-state index >= 15 is 0 Å². The molecule has 5 heteroatoms. The van der Waals surface area contributed by atoms with E-state index in [-0.39, 0.29) is 0 Å². The second-order valence-corrected chi connectivity index (χ2v) is 4.07. The Balaban J connectivity index is 2.21. The zero-order chi connectivity index (χ0) is 13.8. The highest BCUT2D eigenvalue weighted by molar-refractivity contribution is 5.29. The summed E-state index contributed by atoms with van der Waals surface area (Å²) in [7, 11) is 1.67. The number of methoxy groups -OCH3 is 1. The third kappa shape index (κ3) is 7.10. The number of ether oxygens (including phenoxy) is 3. The van der Waals surface area contributed by atoms with E-state index in [0.717, 1.165) is 30.8 Å². The molecule has 1 aromatic heterocycles. The molecule has 19 heavy (non-hydrogen) atoms. The van der Waals surface area contributed by atoms with Crippen molar-refractivity contribution < 1.29 is 14.2 Å². The van der Waals surface area contributed by atoms with Crippen LogP contribution in [0.15, 0.2) is 18.5 Å².